The van der Waals surface area contributed by atoms with Crippen molar-refractivity contribution in [1.82, 2.24) is 10.2 Å². The van der Waals surface area contributed by atoms with Gasteiger partial charge >= 0.3 is 0 Å². The summed E-state index contributed by atoms with van der Waals surface area (Å²) in [6.45, 7) is 0. The van der Waals surface area contributed by atoms with Crippen LogP contribution in [0, 0.1) is 5.82 Å². The highest BCUT2D eigenvalue weighted by Gasteiger charge is 2.19. The zero-order valence-corrected chi connectivity index (χ0v) is 12.1. The average Bonchev–Trinajstić information content (AvgIpc) is 2.95. The maximum Gasteiger partial charge on any atom is 0.238 e. The standard InChI is InChI=1S/C15H12FN3O2S/c16-11-5-3-4-10(8-11)13-9-18-19-15(13)12-6-1-2-7-14(12)22(17,20)21/h1-9H,(H,18,19)(H2,17,20,21). The Kier molecular flexibility index (Phi) is 3.51. The number of H-pyrrole nitrogens is 1. The fraction of sp³-hybridized carbons (Fsp3) is 0. The number of nitrogens with two attached hydrogens (primary N) is 1. The number of sulfonamides is 1. The maximum atomic E-state index is 13.4. The van der Waals surface area contributed by atoms with E-state index >= 15 is 0 Å². The molecule has 1 aromatic heterocycles. The molecule has 3 N–H and O–H groups in total. The summed E-state index contributed by atoms with van der Waals surface area (Å²) in [5, 5.41) is 12.0. The minimum atomic E-state index is -3.89. The molecule has 0 radical (unpaired) electrons. The van der Waals surface area contributed by atoms with Gasteiger partial charge in [-0.05, 0) is 23.8 Å². The second-order valence-electron chi connectivity index (χ2n) is 4.71. The zero-order valence-electron chi connectivity index (χ0n) is 11.3. The Bertz CT molecular complexity index is 935. The van der Waals surface area contributed by atoms with Crippen LogP contribution < -0.4 is 5.14 Å². The van der Waals surface area contributed by atoms with Crippen LogP contribution in [0.2, 0.25) is 0 Å². The number of hydrogen-bond donors (Lipinski definition) is 2. The topological polar surface area (TPSA) is 88.8 Å². The van der Waals surface area contributed by atoms with E-state index in [0.717, 1.165) is 0 Å². The molecule has 5 nitrogen and oxygen atoms in total. The van der Waals surface area contributed by atoms with Gasteiger partial charge in [-0.1, -0.05) is 30.3 Å². The molecule has 0 saturated carbocycles. The first-order chi connectivity index (χ1) is 10.5. The normalized spacial score (nSPS) is 11.5. The molecule has 3 rings (SSSR count). The van der Waals surface area contributed by atoms with Crippen molar-refractivity contribution in [2.75, 3.05) is 0 Å². The molecule has 0 fully saturated rings. The predicted molar refractivity (Wildman–Crippen MR) is 80.8 cm³/mol. The molecule has 0 aliphatic heterocycles. The van der Waals surface area contributed by atoms with Gasteiger partial charge in [0.1, 0.15) is 5.82 Å². The molecule has 0 bridgehead atoms. The quantitative estimate of drug-likeness (QED) is 0.778. The second-order valence-corrected chi connectivity index (χ2v) is 6.24. The smallest absolute Gasteiger partial charge is 0.238 e. The van der Waals surface area contributed by atoms with Gasteiger partial charge in [-0.3, -0.25) is 5.10 Å². The fourth-order valence-corrected chi connectivity index (χ4v) is 3.03. The number of benzene rings is 2. The van der Waals surface area contributed by atoms with Crippen molar-refractivity contribution in [3.8, 4) is 22.4 Å². The molecular weight excluding hydrogens is 305 g/mol. The van der Waals surface area contributed by atoms with Gasteiger partial charge in [0, 0.05) is 11.1 Å². The first kappa shape index (κ1) is 14.4. The van der Waals surface area contributed by atoms with Crippen molar-refractivity contribution in [3.05, 3.63) is 60.5 Å². The molecule has 0 spiro atoms. The summed E-state index contributed by atoms with van der Waals surface area (Å²) in [6.07, 6.45) is 1.52. The molecule has 0 unspecified atom stereocenters. The summed E-state index contributed by atoms with van der Waals surface area (Å²) in [5.41, 5.74) is 2.04. The Hall–Kier alpha value is -2.51. The fourth-order valence-electron chi connectivity index (χ4n) is 2.29. The van der Waals surface area contributed by atoms with E-state index in [1.54, 1.807) is 30.3 Å². The highest BCUT2D eigenvalue weighted by molar-refractivity contribution is 7.89. The van der Waals surface area contributed by atoms with Crippen LogP contribution >= 0.6 is 0 Å². The van der Waals surface area contributed by atoms with E-state index in [9.17, 15) is 12.8 Å². The van der Waals surface area contributed by atoms with Gasteiger partial charge in [0.15, 0.2) is 0 Å². The Morgan fingerprint density at radius 2 is 1.82 bits per heavy atom. The van der Waals surface area contributed by atoms with Gasteiger partial charge in [0.05, 0.1) is 16.8 Å². The van der Waals surface area contributed by atoms with Gasteiger partial charge in [-0.25, -0.2) is 17.9 Å². The SMILES string of the molecule is NS(=O)(=O)c1ccccc1-c1[nH]ncc1-c1cccc(F)c1. The molecule has 0 amide bonds. The minimum absolute atomic E-state index is 0.0168. The van der Waals surface area contributed by atoms with Crippen molar-refractivity contribution in [2.24, 2.45) is 5.14 Å². The van der Waals surface area contributed by atoms with E-state index in [0.29, 0.717) is 22.4 Å². The largest absolute Gasteiger partial charge is 0.277 e. The molecule has 1 heterocycles. The lowest BCUT2D eigenvalue weighted by atomic mass is 10.0. The Morgan fingerprint density at radius 1 is 1.05 bits per heavy atom. The summed E-state index contributed by atoms with van der Waals surface area (Å²) >= 11 is 0. The summed E-state index contributed by atoms with van der Waals surface area (Å²) < 4.78 is 36.9. The first-order valence-corrected chi connectivity index (χ1v) is 7.93. The zero-order chi connectivity index (χ0) is 15.7. The van der Waals surface area contributed by atoms with E-state index in [2.05, 4.69) is 10.2 Å². The lowest BCUT2D eigenvalue weighted by Crippen LogP contribution is -2.13. The van der Waals surface area contributed by atoms with Gasteiger partial charge in [0.25, 0.3) is 0 Å². The third-order valence-corrected chi connectivity index (χ3v) is 4.21. The average molecular weight is 317 g/mol. The van der Waals surface area contributed by atoms with E-state index in [1.807, 2.05) is 0 Å². The third kappa shape index (κ3) is 2.63. The van der Waals surface area contributed by atoms with Crippen LogP contribution in [-0.2, 0) is 10.0 Å². The lowest BCUT2D eigenvalue weighted by Gasteiger charge is -2.08. The van der Waals surface area contributed by atoms with Crippen molar-refractivity contribution < 1.29 is 12.8 Å². The van der Waals surface area contributed by atoms with Gasteiger partial charge in [-0.15, -0.1) is 0 Å². The van der Waals surface area contributed by atoms with Crippen LogP contribution in [0.3, 0.4) is 0 Å². The molecule has 7 heteroatoms. The Labute approximate surface area is 126 Å². The van der Waals surface area contributed by atoms with Crippen LogP contribution in [0.1, 0.15) is 0 Å². The van der Waals surface area contributed by atoms with E-state index in [-0.39, 0.29) is 10.7 Å². The number of primary sulfonamides is 1. The van der Waals surface area contributed by atoms with Crippen LogP contribution in [-0.4, -0.2) is 18.6 Å². The molecule has 0 aliphatic rings. The van der Waals surface area contributed by atoms with E-state index in [1.165, 1.54) is 24.4 Å². The predicted octanol–water partition coefficient (Wildman–Crippen LogP) is 2.53. The lowest BCUT2D eigenvalue weighted by molar-refractivity contribution is 0.598. The molecule has 0 saturated heterocycles. The molecule has 22 heavy (non-hydrogen) atoms. The molecule has 2 aromatic carbocycles. The molecule has 112 valence electrons. The van der Waals surface area contributed by atoms with Crippen LogP contribution in [0.25, 0.3) is 22.4 Å². The summed E-state index contributed by atoms with van der Waals surface area (Å²) in [5.74, 6) is -0.385. The van der Waals surface area contributed by atoms with Crippen LogP contribution in [0.5, 0.6) is 0 Å². The number of aromatic amines is 1. The van der Waals surface area contributed by atoms with Crippen molar-refractivity contribution >= 4 is 10.0 Å². The van der Waals surface area contributed by atoms with Crippen molar-refractivity contribution in [3.63, 3.8) is 0 Å². The molecule has 0 atom stereocenters. The summed E-state index contributed by atoms with van der Waals surface area (Å²) in [7, 11) is -3.89. The number of hydrogen-bond acceptors (Lipinski definition) is 3. The Morgan fingerprint density at radius 3 is 2.55 bits per heavy atom. The maximum absolute atomic E-state index is 13.4. The Balaban J connectivity index is 2.23. The number of nitrogens with one attached hydrogen (secondary N) is 1. The second kappa shape index (κ2) is 5.36. The van der Waals surface area contributed by atoms with E-state index < -0.39 is 10.0 Å². The number of halogens is 1. The first-order valence-electron chi connectivity index (χ1n) is 6.38. The number of aromatic nitrogens is 2. The summed E-state index contributed by atoms with van der Waals surface area (Å²) in [4.78, 5) is -0.0168. The van der Waals surface area contributed by atoms with Crippen molar-refractivity contribution in [2.45, 2.75) is 4.90 Å². The molecule has 3 aromatic rings. The molecular formula is C15H12FN3O2S. The van der Waals surface area contributed by atoms with Gasteiger partial charge < -0.3 is 0 Å². The van der Waals surface area contributed by atoms with Crippen LogP contribution in [0.15, 0.2) is 59.6 Å². The number of rotatable bonds is 3. The third-order valence-electron chi connectivity index (χ3n) is 3.24. The highest BCUT2D eigenvalue weighted by atomic mass is 32.2. The van der Waals surface area contributed by atoms with Gasteiger partial charge in [0.2, 0.25) is 10.0 Å². The van der Waals surface area contributed by atoms with E-state index in [4.69, 9.17) is 5.14 Å². The minimum Gasteiger partial charge on any atom is -0.277 e. The summed E-state index contributed by atoms with van der Waals surface area (Å²) in [6, 6.07) is 12.3. The van der Waals surface area contributed by atoms with Gasteiger partial charge in [-0.2, -0.15) is 5.10 Å². The molecule has 0 aliphatic carbocycles. The van der Waals surface area contributed by atoms with Crippen LogP contribution in [0.4, 0.5) is 4.39 Å². The van der Waals surface area contributed by atoms with Crippen molar-refractivity contribution in [1.29, 1.82) is 0 Å². The monoisotopic (exact) mass is 317 g/mol. The number of nitrogens with zero attached hydrogens (tertiary/aromatic N) is 1. The highest BCUT2D eigenvalue weighted by Crippen LogP contribution is 2.33.